The lowest BCUT2D eigenvalue weighted by Crippen LogP contribution is -2.27. The molecule has 0 atom stereocenters. The molecule has 0 unspecified atom stereocenters. The van der Waals surface area contributed by atoms with Gasteiger partial charge in [-0.1, -0.05) is 18.2 Å². The summed E-state index contributed by atoms with van der Waals surface area (Å²) in [5.74, 6) is 0.388. The number of carbonyl (C=O) groups excluding carboxylic acids is 1. The van der Waals surface area contributed by atoms with E-state index in [2.05, 4.69) is 21.4 Å². The Kier molecular flexibility index (Phi) is 7.91. The van der Waals surface area contributed by atoms with E-state index < -0.39 is 11.7 Å². The minimum absolute atomic E-state index is 0. The summed E-state index contributed by atoms with van der Waals surface area (Å²) in [6, 6.07) is 7.91. The van der Waals surface area contributed by atoms with Gasteiger partial charge in [0, 0.05) is 17.6 Å². The third-order valence-electron chi connectivity index (χ3n) is 4.81. The van der Waals surface area contributed by atoms with Crippen molar-refractivity contribution in [3.05, 3.63) is 65.6 Å². The number of fused-ring (bicyclic) bond motifs is 1. The highest BCUT2D eigenvalue weighted by atomic mass is 35.5. The Morgan fingerprint density at radius 1 is 1.25 bits per heavy atom. The quantitative estimate of drug-likeness (QED) is 0.436. The van der Waals surface area contributed by atoms with Crippen molar-refractivity contribution in [2.75, 3.05) is 5.32 Å². The summed E-state index contributed by atoms with van der Waals surface area (Å²) in [4.78, 5) is 16.8. The lowest BCUT2D eigenvalue weighted by Gasteiger charge is -2.19. The van der Waals surface area contributed by atoms with Gasteiger partial charge >= 0.3 is 6.09 Å². The van der Waals surface area contributed by atoms with Crippen LogP contribution in [0.2, 0.25) is 0 Å². The maximum absolute atomic E-state index is 13.2. The summed E-state index contributed by atoms with van der Waals surface area (Å²) in [6.45, 7) is 14.0. The van der Waals surface area contributed by atoms with E-state index >= 15 is 0 Å². The minimum Gasteiger partial charge on any atom is -0.471 e. The van der Waals surface area contributed by atoms with Gasteiger partial charge in [0.2, 0.25) is 5.88 Å². The van der Waals surface area contributed by atoms with Crippen molar-refractivity contribution >= 4 is 35.2 Å². The number of rotatable bonds is 6. The molecule has 0 radical (unpaired) electrons. The highest BCUT2D eigenvalue weighted by molar-refractivity contribution is 5.94. The average Bonchev–Trinajstić information content (AvgIpc) is 2.91. The molecule has 2 heterocycles. The summed E-state index contributed by atoms with van der Waals surface area (Å²) in [5.41, 5.74) is 3.09. The van der Waals surface area contributed by atoms with Gasteiger partial charge in [0.1, 0.15) is 29.4 Å². The number of halogens is 2. The van der Waals surface area contributed by atoms with Crippen LogP contribution in [0.3, 0.4) is 0 Å². The SMILES string of the molecule is C=CCn1c(C)c(C)c2cc(NC(=O)OC(C)(C)C)nc(OCc3ccc(F)cc3)c21.Cl. The van der Waals surface area contributed by atoms with E-state index in [9.17, 15) is 9.18 Å². The van der Waals surface area contributed by atoms with Crippen LogP contribution in [-0.2, 0) is 17.9 Å². The summed E-state index contributed by atoms with van der Waals surface area (Å²) < 4.78 is 26.7. The number of pyridine rings is 1. The topological polar surface area (TPSA) is 65.4 Å². The predicted molar refractivity (Wildman–Crippen MR) is 127 cm³/mol. The number of anilines is 1. The van der Waals surface area contributed by atoms with Crippen molar-refractivity contribution in [3.63, 3.8) is 0 Å². The third kappa shape index (κ3) is 5.79. The molecular formula is C24H29ClFN3O3. The van der Waals surface area contributed by atoms with Gasteiger partial charge < -0.3 is 14.0 Å². The predicted octanol–water partition coefficient (Wildman–Crippen LogP) is 6.33. The molecule has 2 aromatic heterocycles. The van der Waals surface area contributed by atoms with E-state index in [4.69, 9.17) is 9.47 Å². The van der Waals surface area contributed by atoms with Crippen LogP contribution in [0, 0.1) is 19.7 Å². The van der Waals surface area contributed by atoms with Crippen LogP contribution in [0.25, 0.3) is 10.9 Å². The average molecular weight is 462 g/mol. The summed E-state index contributed by atoms with van der Waals surface area (Å²) >= 11 is 0. The molecule has 1 aromatic carbocycles. The number of nitrogens with one attached hydrogen (secondary N) is 1. The molecule has 0 aliphatic rings. The lowest BCUT2D eigenvalue weighted by molar-refractivity contribution is 0.0635. The van der Waals surface area contributed by atoms with Gasteiger partial charge in [-0.05, 0) is 63.9 Å². The van der Waals surface area contributed by atoms with Crippen LogP contribution < -0.4 is 10.1 Å². The lowest BCUT2D eigenvalue weighted by atomic mass is 10.2. The standard InChI is InChI=1S/C24H28FN3O3.ClH/c1-7-12-28-16(3)15(2)19-13-20(27-23(29)31-24(4,5)6)26-22(21(19)28)30-14-17-8-10-18(25)11-9-17;/h7-11,13H,1,12,14H2,2-6H3,(H,26,27,29);1H. The highest BCUT2D eigenvalue weighted by Gasteiger charge is 2.21. The summed E-state index contributed by atoms with van der Waals surface area (Å²) in [5, 5.41) is 3.60. The summed E-state index contributed by atoms with van der Waals surface area (Å²) in [7, 11) is 0. The first-order chi connectivity index (χ1) is 14.6. The Balaban J connectivity index is 0.00000363. The minimum atomic E-state index is -0.629. The van der Waals surface area contributed by atoms with Crippen molar-refractivity contribution in [2.24, 2.45) is 0 Å². The Labute approximate surface area is 193 Å². The fourth-order valence-electron chi connectivity index (χ4n) is 3.29. The Morgan fingerprint density at radius 3 is 2.50 bits per heavy atom. The largest absolute Gasteiger partial charge is 0.471 e. The molecule has 172 valence electrons. The Hall–Kier alpha value is -3.06. The second-order valence-electron chi connectivity index (χ2n) is 8.36. The first kappa shape index (κ1) is 25.2. The fourth-order valence-corrected chi connectivity index (χ4v) is 3.29. The third-order valence-corrected chi connectivity index (χ3v) is 4.81. The molecule has 3 rings (SSSR count). The highest BCUT2D eigenvalue weighted by Crippen LogP contribution is 2.34. The zero-order valence-electron chi connectivity index (χ0n) is 19.0. The van der Waals surface area contributed by atoms with Crippen LogP contribution in [0.1, 0.15) is 37.6 Å². The molecule has 1 N–H and O–H groups in total. The van der Waals surface area contributed by atoms with Gasteiger partial charge in [-0.25, -0.2) is 9.18 Å². The van der Waals surface area contributed by atoms with Crippen LogP contribution >= 0.6 is 12.4 Å². The Bertz CT molecular complexity index is 1120. The smallest absolute Gasteiger partial charge is 0.413 e. The molecule has 0 fully saturated rings. The molecule has 3 aromatic rings. The molecule has 1 amide bonds. The zero-order valence-corrected chi connectivity index (χ0v) is 19.8. The van der Waals surface area contributed by atoms with E-state index in [1.807, 2.05) is 26.0 Å². The van der Waals surface area contributed by atoms with Crippen LogP contribution in [0.4, 0.5) is 15.0 Å². The van der Waals surface area contributed by atoms with Crippen molar-refractivity contribution in [2.45, 2.75) is 53.4 Å². The van der Waals surface area contributed by atoms with Crippen LogP contribution in [0.5, 0.6) is 5.88 Å². The van der Waals surface area contributed by atoms with Crippen molar-refractivity contribution < 1.29 is 18.7 Å². The number of hydrogen-bond acceptors (Lipinski definition) is 4. The summed E-state index contributed by atoms with van der Waals surface area (Å²) in [6.07, 6.45) is 1.21. The molecule has 8 heteroatoms. The van der Waals surface area contributed by atoms with Crippen LogP contribution in [0.15, 0.2) is 43.0 Å². The number of allylic oxidation sites excluding steroid dienone is 1. The van der Waals surface area contributed by atoms with Gasteiger partial charge in [0.25, 0.3) is 0 Å². The van der Waals surface area contributed by atoms with E-state index in [-0.39, 0.29) is 24.8 Å². The van der Waals surface area contributed by atoms with Crippen molar-refractivity contribution in [1.82, 2.24) is 9.55 Å². The molecule has 0 aliphatic heterocycles. The number of nitrogens with zero attached hydrogens (tertiary/aromatic N) is 2. The number of aryl methyl sites for hydroxylation is 1. The van der Waals surface area contributed by atoms with E-state index in [1.54, 1.807) is 32.9 Å². The number of benzene rings is 1. The monoisotopic (exact) mass is 461 g/mol. The number of ether oxygens (including phenoxy) is 2. The first-order valence-electron chi connectivity index (χ1n) is 10.1. The molecule has 0 saturated carbocycles. The van der Waals surface area contributed by atoms with Gasteiger partial charge in [-0.15, -0.1) is 19.0 Å². The van der Waals surface area contributed by atoms with E-state index in [1.165, 1.54) is 12.1 Å². The van der Waals surface area contributed by atoms with E-state index in [0.717, 1.165) is 27.7 Å². The van der Waals surface area contributed by atoms with Gasteiger partial charge in [-0.3, -0.25) is 5.32 Å². The number of amides is 1. The maximum Gasteiger partial charge on any atom is 0.413 e. The number of hydrogen-bond donors (Lipinski definition) is 1. The number of aromatic nitrogens is 2. The van der Waals surface area contributed by atoms with Gasteiger partial charge in [0.15, 0.2) is 0 Å². The first-order valence-corrected chi connectivity index (χ1v) is 10.1. The second kappa shape index (κ2) is 10.0. The van der Waals surface area contributed by atoms with Crippen molar-refractivity contribution in [1.29, 1.82) is 0 Å². The molecule has 0 spiro atoms. The van der Waals surface area contributed by atoms with Crippen LogP contribution in [-0.4, -0.2) is 21.2 Å². The van der Waals surface area contributed by atoms with Gasteiger partial charge in [-0.2, -0.15) is 4.98 Å². The molecule has 6 nitrogen and oxygen atoms in total. The normalized spacial score (nSPS) is 11.1. The van der Waals surface area contributed by atoms with E-state index in [0.29, 0.717) is 18.2 Å². The fraction of sp³-hybridized carbons (Fsp3) is 0.333. The second-order valence-corrected chi connectivity index (χ2v) is 8.36. The maximum atomic E-state index is 13.2. The van der Waals surface area contributed by atoms with Crippen molar-refractivity contribution in [3.8, 4) is 5.88 Å². The molecule has 32 heavy (non-hydrogen) atoms. The molecular weight excluding hydrogens is 433 g/mol. The number of carbonyl (C=O) groups is 1. The molecule has 0 saturated heterocycles. The Morgan fingerprint density at radius 2 is 1.91 bits per heavy atom. The van der Waals surface area contributed by atoms with Gasteiger partial charge in [0.05, 0.1) is 0 Å². The molecule has 0 bridgehead atoms. The molecule has 0 aliphatic carbocycles. The zero-order chi connectivity index (χ0) is 22.8.